The van der Waals surface area contributed by atoms with Crippen LogP contribution in [-0.2, 0) is 0 Å². The fourth-order valence-electron chi connectivity index (χ4n) is 2.70. The van der Waals surface area contributed by atoms with Crippen LogP contribution in [0.1, 0.15) is 42.5 Å². The van der Waals surface area contributed by atoms with Crippen molar-refractivity contribution in [1.82, 2.24) is 0 Å². The van der Waals surface area contributed by atoms with Crippen molar-refractivity contribution < 1.29 is 24.1 Å². The normalized spacial score (nSPS) is 17.1. The number of carbonyl (C=O) groups is 1. The quantitative estimate of drug-likeness (QED) is 0.842. The predicted octanol–water partition coefficient (Wildman–Crippen LogP) is 2.84. The summed E-state index contributed by atoms with van der Waals surface area (Å²) in [6.45, 7) is -0.0856. The second-order valence-electron chi connectivity index (χ2n) is 5.27. The van der Waals surface area contributed by atoms with Crippen molar-refractivity contribution in [3.63, 3.8) is 0 Å². The molecule has 0 radical (unpaired) electrons. The van der Waals surface area contributed by atoms with Gasteiger partial charge in [-0.3, -0.25) is 0 Å². The maximum Gasteiger partial charge on any atom is 0.339 e. The minimum atomic E-state index is -1.25. The van der Waals surface area contributed by atoms with Crippen LogP contribution in [0.5, 0.6) is 5.75 Å². The van der Waals surface area contributed by atoms with Crippen molar-refractivity contribution in [3.05, 3.63) is 29.6 Å². The zero-order valence-corrected chi connectivity index (χ0v) is 11.2. The van der Waals surface area contributed by atoms with Gasteiger partial charge < -0.3 is 14.9 Å². The lowest BCUT2D eigenvalue weighted by Gasteiger charge is -2.17. The third-order valence-corrected chi connectivity index (χ3v) is 3.70. The van der Waals surface area contributed by atoms with Gasteiger partial charge >= 0.3 is 5.97 Å². The van der Waals surface area contributed by atoms with Gasteiger partial charge in [0, 0.05) is 0 Å². The summed E-state index contributed by atoms with van der Waals surface area (Å²) in [5, 5.41) is 18.9. The van der Waals surface area contributed by atoms with Crippen LogP contribution in [-0.4, -0.2) is 28.9 Å². The third-order valence-electron chi connectivity index (χ3n) is 3.70. The molecule has 0 heterocycles. The van der Waals surface area contributed by atoms with Crippen LogP contribution in [0.15, 0.2) is 18.2 Å². The summed E-state index contributed by atoms with van der Waals surface area (Å²) in [7, 11) is 0. The van der Waals surface area contributed by atoms with Gasteiger partial charge in [-0.2, -0.15) is 0 Å². The highest BCUT2D eigenvalue weighted by atomic mass is 19.1. The largest absolute Gasteiger partial charge is 0.487 e. The number of aliphatic hydroxyl groups is 1. The summed E-state index contributed by atoms with van der Waals surface area (Å²) in [5.74, 6) is -1.78. The lowest BCUT2D eigenvalue weighted by molar-refractivity contribution is 0.0666. The van der Waals surface area contributed by atoms with E-state index < -0.39 is 17.9 Å². The van der Waals surface area contributed by atoms with E-state index in [9.17, 15) is 14.3 Å². The Balaban J connectivity index is 1.94. The SMILES string of the molecule is O=C(O)c1cccc(F)c1OCC(O)CC1CCCC1. The standard InChI is InChI=1S/C15H19FO4/c16-13-7-3-6-12(15(18)19)14(13)20-9-11(17)8-10-4-1-2-5-10/h3,6-7,10-11,17H,1-2,4-5,8-9H2,(H,18,19). The van der Waals surface area contributed by atoms with E-state index in [4.69, 9.17) is 9.84 Å². The van der Waals surface area contributed by atoms with Crippen molar-refractivity contribution >= 4 is 5.97 Å². The lowest BCUT2D eigenvalue weighted by Crippen LogP contribution is -2.21. The molecule has 1 fully saturated rings. The molecular weight excluding hydrogens is 263 g/mol. The molecule has 20 heavy (non-hydrogen) atoms. The minimum absolute atomic E-state index is 0.0856. The van der Waals surface area contributed by atoms with Gasteiger partial charge in [-0.15, -0.1) is 0 Å². The number of rotatable bonds is 6. The number of hydrogen-bond acceptors (Lipinski definition) is 3. The second-order valence-corrected chi connectivity index (χ2v) is 5.27. The fraction of sp³-hybridized carbons (Fsp3) is 0.533. The highest BCUT2D eigenvalue weighted by Gasteiger charge is 2.21. The van der Waals surface area contributed by atoms with E-state index in [-0.39, 0.29) is 17.9 Å². The van der Waals surface area contributed by atoms with Crippen LogP contribution >= 0.6 is 0 Å². The molecular formula is C15H19FO4. The molecule has 0 aliphatic heterocycles. The van der Waals surface area contributed by atoms with Gasteiger partial charge in [-0.25, -0.2) is 9.18 Å². The van der Waals surface area contributed by atoms with Gasteiger partial charge in [0.2, 0.25) is 0 Å². The molecule has 1 aliphatic rings. The lowest BCUT2D eigenvalue weighted by atomic mass is 10.0. The maximum atomic E-state index is 13.6. The van der Waals surface area contributed by atoms with Gasteiger partial charge in [0.25, 0.3) is 0 Å². The topological polar surface area (TPSA) is 66.8 Å². The number of aliphatic hydroxyl groups excluding tert-OH is 1. The molecule has 4 nitrogen and oxygen atoms in total. The minimum Gasteiger partial charge on any atom is -0.487 e. The molecule has 0 spiro atoms. The summed E-state index contributed by atoms with van der Waals surface area (Å²) in [6.07, 6.45) is 4.52. The number of halogens is 1. The van der Waals surface area contributed by atoms with Crippen LogP contribution < -0.4 is 4.74 Å². The number of carboxylic acid groups (broad SMARTS) is 1. The van der Waals surface area contributed by atoms with Crippen molar-refractivity contribution in [2.24, 2.45) is 5.92 Å². The molecule has 1 aromatic rings. The van der Waals surface area contributed by atoms with Gasteiger partial charge in [-0.05, 0) is 24.5 Å². The number of aromatic carboxylic acids is 1. The van der Waals surface area contributed by atoms with E-state index in [0.29, 0.717) is 12.3 Å². The number of carboxylic acids is 1. The molecule has 1 aliphatic carbocycles. The van der Waals surface area contributed by atoms with E-state index in [2.05, 4.69) is 0 Å². The monoisotopic (exact) mass is 282 g/mol. The van der Waals surface area contributed by atoms with E-state index in [1.54, 1.807) is 0 Å². The molecule has 0 bridgehead atoms. The van der Waals surface area contributed by atoms with Crippen molar-refractivity contribution in [1.29, 1.82) is 0 Å². The molecule has 1 aromatic carbocycles. The number of benzene rings is 1. The Labute approximate surface area is 117 Å². The predicted molar refractivity (Wildman–Crippen MR) is 71.4 cm³/mol. The van der Waals surface area contributed by atoms with E-state index in [0.717, 1.165) is 18.9 Å². The summed E-state index contributed by atoms with van der Waals surface area (Å²) in [4.78, 5) is 11.0. The van der Waals surface area contributed by atoms with Crippen molar-refractivity contribution in [2.45, 2.75) is 38.2 Å². The number of para-hydroxylation sites is 1. The first-order valence-corrected chi connectivity index (χ1v) is 6.90. The van der Waals surface area contributed by atoms with Crippen LogP contribution in [0, 0.1) is 11.7 Å². The van der Waals surface area contributed by atoms with E-state index in [1.165, 1.54) is 25.0 Å². The van der Waals surface area contributed by atoms with E-state index >= 15 is 0 Å². The van der Waals surface area contributed by atoms with Crippen LogP contribution in [0.3, 0.4) is 0 Å². The number of hydrogen-bond donors (Lipinski definition) is 2. The van der Waals surface area contributed by atoms with Gasteiger partial charge in [0.15, 0.2) is 11.6 Å². The zero-order valence-electron chi connectivity index (χ0n) is 11.2. The van der Waals surface area contributed by atoms with Crippen LogP contribution in [0.2, 0.25) is 0 Å². The maximum absolute atomic E-state index is 13.6. The average molecular weight is 282 g/mol. The highest BCUT2D eigenvalue weighted by molar-refractivity contribution is 5.90. The molecule has 0 saturated heterocycles. The summed E-state index contributed by atoms with van der Waals surface area (Å²) in [6, 6.07) is 3.75. The van der Waals surface area contributed by atoms with E-state index in [1.807, 2.05) is 0 Å². The third kappa shape index (κ3) is 3.70. The molecule has 0 amide bonds. The van der Waals surface area contributed by atoms with Crippen LogP contribution in [0.25, 0.3) is 0 Å². The Morgan fingerprint density at radius 1 is 1.40 bits per heavy atom. The molecule has 0 aromatic heterocycles. The van der Waals surface area contributed by atoms with Crippen LogP contribution in [0.4, 0.5) is 4.39 Å². The molecule has 110 valence electrons. The van der Waals surface area contributed by atoms with Gasteiger partial charge in [0.1, 0.15) is 12.2 Å². The fourth-order valence-corrected chi connectivity index (χ4v) is 2.70. The summed E-state index contributed by atoms with van der Waals surface area (Å²) < 4.78 is 18.8. The molecule has 1 saturated carbocycles. The molecule has 1 unspecified atom stereocenters. The average Bonchev–Trinajstić information content (AvgIpc) is 2.89. The molecule has 5 heteroatoms. The smallest absolute Gasteiger partial charge is 0.339 e. The first kappa shape index (κ1) is 14.8. The summed E-state index contributed by atoms with van der Waals surface area (Å²) in [5.41, 5.74) is -0.224. The van der Waals surface area contributed by atoms with Gasteiger partial charge in [0.05, 0.1) is 6.10 Å². The molecule has 2 N–H and O–H groups in total. The summed E-state index contributed by atoms with van der Waals surface area (Å²) >= 11 is 0. The van der Waals surface area contributed by atoms with Crippen molar-refractivity contribution in [2.75, 3.05) is 6.61 Å². The van der Waals surface area contributed by atoms with Gasteiger partial charge in [-0.1, -0.05) is 31.7 Å². The first-order valence-electron chi connectivity index (χ1n) is 6.90. The Hall–Kier alpha value is -1.62. The molecule has 2 rings (SSSR count). The second kappa shape index (κ2) is 6.70. The Kier molecular flexibility index (Phi) is 4.95. The highest BCUT2D eigenvalue weighted by Crippen LogP contribution is 2.29. The number of ether oxygens (including phenoxy) is 1. The Morgan fingerprint density at radius 3 is 2.75 bits per heavy atom. The first-order chi connectivity index (χ1) is 9.58. The Morgan fingerprint density at radius 2 is 2.10 bits per heavy atom. The van der Waals surface area contributed by atoms with Crippen molar-refractivity contribution in [3.8, 4) is 5.75 Å². The Bertz CT molecular complexity index is 469. The molecule has 1 atom stereocenters. The zero-order chi connectivity index (χ0) is 14.5.